The number of hydrogen-bond acceptors (Lipinski definition) is 12. The quantitative estimate of drug-likeness (QED) is 0.154. The summed E-state index contributed by atoms with van der Waals surface area (Å²) in [6.07, 6.45) is 0. The minimum atomic E-state index is -0.466. The van der Waals surface area contributed by atoms with Gasteiger partial charge in [0.25, 0.3) is 0 Å². The van der Waals surface area contributed by atoms with Crippen LogP contribution in [-0.4, -0.2) is 34.2 Å². The van der Waals surface area contributed by atoms with Crippen molar-refractivity contribution in [2.75, 3.05) is 14.2 Å². The molecule has 0 aliphatic heterocycles. The Bertz CT molecular complexity index is 2440. The zero-order valence-corrected chi connectivity index (χ0v) is 26.9. The Morgan fingerprint density at radius 2 is 0.979 bits per heavy atom. The average molecular weight is 671 g/mol. The summed E-state index contributed by atoms with van der Waals surface area (Å²) in [5.74, 6) is 0.949. The van der Waals surface area contributed by atoms with E-state index in [0.717, 1.165) is 10.8 Å². The van der Waals surface area contributed by atoms with Crippen molar-refractivity contribution in [3.05, 3.63) is 117 Å². The Morgan fingerprint density at radius 3 is 1.42 bits per heavy atom. The highest BCUT2D eigenvalue weighted by atomic mass is 32.1. The van der Waals surface area contributed by atoms with Crippen LogP contribution < -0.4 is 20.7 Å². The van der Waals surface area contributed by atoms with Crippen LogP contribution in [0.5, 0.6) is 11.5 Å². The molecule has 0 saturated heterocycles. The standard InChI is InChI=1S/C36H22N4O6S2/c1-43-29-13-11-23(33-39-25(17-47-33)21-15-19-7-3-5-9-27(19)45-35(21)41)37-31(29)32-30(44-2)14-12-24(38-32)34-40-26(18-48-34)22-16-20-8-4-6-10-28(20)46-36(22)42/h3-18H,1-2H3. The van der Waals surface area contributed by atoms with Gasteiger partial charge in [-0.05, 0) is 48.5 Å². The molecule has 0 atom stereocenters. The second-order valence-electron chi connectivity index (χ2n) is 10.5. The molecule has 6 aromatic heterocycles. The van der Waals surface area contributed by atoms with Crippen LogP contribution in [0.15, 0.2) is 114 Å². The lowest BCUT2D eigenvalue weighted by Gasteiger charge is -2.12. The van der Waals surface area contributed by atoms with Crippen molar-refractivity contribution >= 4 is 44.6 Å². The van der Waals surface area contributed by atoms with Crippen LogP contribution in [0, 0.1) is 0 Å². The predicted molar refractivity (Wildman–Crippen MR) is 186 cm³/mol. The Hall–Kier alpha value is -5.98. The first-order chi connectivity index (χ1) is 23.5. The van der Waals surface area contributed by atoms with Gasteiger partial charge in [0, 0.05) is 21.5 Å². The Balaban J connectivity index is 1.17. The van der Waals surface area contributed by atoms with Crippen molar-refractivity contribution in [3.63, 3.8) is 0 Å². The summed E-state index contributed by atoms with van der Waals surface area (Å²) in [4.78, 5) is 44.9. The van der Waals surface area contributed by atoms with Gasteiger partial charge in [0.15, 0.2) is 0 Å². The molecule has 234 valence electrons. The first-order valence-corrected chi connectivity index (χ1v) is 16.3. The molecule has 0 spiro atoms. The van der Waals surface area contributed by atoms with E-state index in [1.54, 1.807) is 73.5 Å². The smallest absolute Gasteiger partial charge is 0.345 e. The molecule has 0 aliphatic carbocycles. The van der Waals surface area contributed by atoms with E-state index < -0.39 is 11.3 Å². The van der Waals surface area contributed by atoms with E-state index in [4.69, 9.17) is 38.2 Å². The van der Waals surface area contributed by atoms with Gasteiger partial charge in [-0.15, -0.1) is 22.7 Å². The molecule has 8 aromatic rings. The summed E-state index contributed by atoms with van der Waals surface area (Å²) in [5, 5.41) is 6.40. The predicted octanol–water partition coefficient (Wildman–Crippen LogP) is 7.95. The first kappa shape index (κ1) is 29.4. The lowest BCUT2D eigenvalue weighted by molar-refractivity contribution is 0.407. The maximum atomic E-state index is 12.8. The van der Waals surface area contributed by atoms with Crippen LogP contribution in [0.4, 0.5) is 0 Å². The summed E-state index contributed by atoms with van der Waals surface area (Å²) in [7, 11) is 3.11. The summed E-state index contributed by atoms with van der Waals surface area (Å²) in [5.41, 5.74) is 3.79. The van der Waals surface area contributed by atoms with Crippen LogP contribution in [0.25, 0.3) is 77.2 Å². The van der Waals surface area contributed by atoms with Gasteiger partial charge in [-0.3, -0.25) is 0 Å². The monoisotopic (exact) mass is 670 g/mol. The fourth-order valence-electron chi connectivity index (χ4n) is 5.31. The van der Waals surface area contributed by atoms with Gasteiger partial charge in [0.1, 0.15) is 44.1 Å². The number of thiazole rings is 2. The maximum Gasteiger partial charge on any atom is 0.345 e. The van der Waals surface area contributed by atoms with Crippen molar-refractivity contribution < 1.29 is 18.3 Å². The summed E-state index contributed by atoms with van der Waals surface area (Å²) < 4.78 is 22.4. The highest BCUT2D eigenvalue weighted by Crippen LogP contribution is 2.38. The number of rotatable bonds is 7. The fourth-order valence-corrected chi connectivity index (χ4v) is 6.89. The number of ether oxygens (including phenoxy) is 2. The van der Waals surface area contributed by atoms with Gasteiger partial charge in [0.2, 0.25) is 0 Å². The molecule has 8 rings (SSSR count). The summed E-state index contributed by atoms with van der Waals surface area (Å²) in [6, 6.07) is 25.4. The van der Waals surface area contributed by atoms with Crippen LogP contribution >= 0.6 is 22.7 Å². The third-order valence-corrected chi connectivity index (χ3v) is 9.39. The molecule has 0 bridgehead atoms. The number of pyridine rings is 2. The molecule has 0 saturated carbocycles. The minimum Gasteiger partial charge on any atom is -0.494 e. The lowest BCUT2D eigenvalue weighted by Crippen LogP contribution is -2.03. The van der Waals surface area contributed by atoms with Crippen molar-refractivity contribution in [2.24, 2.45) is 0 Å². The maximum absolute atomic E-state index is 12.8. The van der Waals surface area contributed by atoms with E-state index in [9.17, 15) is 9.59 Å². The van der Waals surface area contributed by atoms with Crippen molar-refractivity contribution in [1.29, 1.82) is 0 Å². The fraction of sp³-hybridized carbons (Fsp3) is 0.0556. The second-order valence-corrected chi connectivity index (χ2v) is 12.3. The number of methoxy groups -OCH3 is 2. The van der Waals surface area contributed by atoms with Crippen LogP contribution in [-0.2, 0) is 0 Å². The highest BCUT2D eigenvalue weighted by Gasteiger charge is 2.21. The first-order valence-electron chi connectivity index (χ1n) is 14.6. The number of fused-ring (bicyclic) bond motifs is 2. The van der Waals surface area contributed by atoms with Crippen molar-refractivity contribution in [3.8, 4) is 66.8 Å². The Labute approximate surface area is 279 Å². The zero-order valence-electron chi connectivity index (χ0n) is 25.3. The molecule has 0 aliphatic rings. The molecule has 0 radical (unpaired) electrons. The van der Waals surface area contributed by atoms with E-state index in [2.05, 4.69) is 0 Å². The van der Waals surface area contributed by atoms with Crippen molar-refractivity contribution in [2.45, 2.75) is 0 Å². The van der Waals surface area contributed by atoms with Gasteiger partial charge in [-0.2, -0.15) is 0 Å². The van der Waals surface area contributed by atoms with E-state index in [-0.39, 0.29) is 0 Å². The Kier molecular flexibility index (Phi) is 7.35. The van der Waals surface area contributed by atoms with Crippen LogP contribution in [0.2, 0.25) is 0 Å². The number of aromatic nitrogens is 4. The largest absolute Gasteiger partial charge is 0.494 e. The zero-order chi connectivity index (χ0) is 32.8. The summed E-state index contributed by atoms with van der Waals surface area (Å²) >= 11 is 2.71. The molecule has 48 heavy (non-hydrogen) atoms. The molecule has 12 heteroatoms. The molecule has 0 amide bonds. The van der Waals surface area contributed by atoms with Crippen LogP contribution in [0.3, 0.4) is 0 Å². The van der Waals surface area contributed by atoms with Crippen molar-refractivity contribution in [1.82, 2.24) is 19.9 Å². The van der Waals surface area contributed by atoms with Gasteiger partial charge >= 0.3 is 11.3 Å². The average Bonchev–Trinajstić information content (AvgIpc) is 3.82. The molecule has 10 nitrogen and oxygen atoms in total. The number of nitrogens with zero attached hydrogens (tertiary/aromatic N) is 4. The third-order valence-electron chi connectivity index (χ3n) is 7.66. The summed E-state index contributed by atoms with van der Waals surface area (Å²) in [6.45, 7) is 0. The molecule has 0 fully saturated rings. The number of para-hydroxylation sites is 2. The van der Waals surface area contributed by atoms with E-state index in [1.165, 1.54) is 22.7 Å². The highest BCUT2D eigenvalue weighted by molar-refractivity contribution is 7.13. The Morgan fingerprint density at radius 1 is 0.542 bits per heavy atom. The molecule has 0 N–H and O–H groups in total. The number of benzene rings is 2. The normalized spacial score (nSPS) is 11.3. The van der Waals surface area contributed by atoms with E-state index in [0.29, 0.717) is 78.0 Å². The third kappa shape index (κ3) is 5.22. The molecule has 0 unspecified atom stereocenters. The topological polar surface area (TPSA) is 130 Å². The molecule has 6 heterocycles. The van der Waals surface area contributed by atoms with E-state index >= 15 is 0 Å². The van der Waals surface area contributed by atoms with Gasteiger partial charge in [0.05, 0.1) is 48.1 Å². The van der Waals surface area contributed by atoms with Crippen LogP contribution in [0.1, 0.15) is 0 Å². The molecular formula is C36H22N4O6S2. The SMILES string of the molecule is COc1ccc(-c2nc(-c3cc4ccccc4oc3=O)cs2)nc1-c1nc(-c2nc(-c3cc4ccccc4oc3=O)cs2)ccc1OC. The number of hydrogen-bond donors (Lipinski definition) is 0. The molecular weight excluding hydrogens is 649 g/mol. The second kappa shape index (κ2) is 12.0. The lowest BCUT2D eigenvalue weighted by atomic mass is 10.1. The van der Waals surface area contributed by atoms with Gasteiger partial charge < -0.3 is 18.3 Å². The van der Waals surface area contributed by atoms with Gasteiger partial charge in [-0.1, -0.05) is 36.4 Å². The molecule has 2 aromatic carbocycles. The van der Waals surface area contributed by atoms with Gasteiger partial charge in [-0.25, -0.2) is 29.5 Å². The van der Waals surface area contributed by atoms with E-state index in [1.807, 2.05) is 36.4 Å². The minimum absolute atomic E-state index is 0.366.